The van der Waals surface area contributed by atoms with Gasteiger partial charge in [-0.25, -0.2) is 13.2 Å². The number of nitrogens with zero attached hydrogens (tertiary/aromatic N) is 1. The molecule has 7 aliphatic rings. The number of Topliss-reactive ketones (excluding diaryl/α,β-unsaturated/α-hetero) is 1. The number of sulfone groups is 1. The summed E-state index contributed by atoms with van der Waals surface area (Å²) in [5.41, 5.74) is -1.84. The summed E-state index contributed by atoms with van der Waals surface area (Å²) in [6.45, 7) is 10.5. The first kappa shape index (κ1) is 45.3. The van der Waals surface area contributed by atoms with Crippen LogP contribution in [0.15, 0.2) is 0 Å². The maximum absolute atomic E-state index is 15.1. The highest BCUT2D eigenvalue weighted by atomic mass is 32.2. The van der Waals surface area contributed by atoms with Crippen LogP contribution in [-0.4, -0.2) is 109 Å². The van der Waals surface area contributed by atoms with Gasteiger partial charge in [-0.3, -0.25) is 19.2 Å². The van der Waals surface area contributed by atoms with Crippen molar-refractivity contribution in [2.45, 2.75) is 197 Å². The first-order valence-corrected chi connectivity index (χ1v) is 25.0. The summed E-state index contributed by atoms with van der Waals surface area (Å²) in [4.78, 5) is 72.2. The van der Waals surface area contributed by atoms with Crippen molar-refractivity contribution < 1.29 is 41.9 Å². The van der Waals surface area contributed by atoms with E-state index in [2.05, 4.69) is 35.1 Å². The third kappa shape index (κ3) is 10.2. The van der Waals surface area contributed by atoms with E-state index >= 15 is 4.79 Å². The molecule has 60 heavy (non-hydrogen) atoms. The Morgan fingerprint density at radius 3 is 2.13 bits per heavy atom. The number of amides is 5. The molecule has 7 rings (SSSR count). The predicted molar refractivity (Wildman–Crippen MR) is 226 cm³/mol. The quantitative estimate of drug-likeness (QED) is 0.137. The molecule has 2 saturated heterocycles. The second kappa shape index (κ2) is 17.8. The van der Waals surface area contributed by atoms with Gasteiger partial charge in [0.15, 0.2) is 16.1 Å². The van der Waals surface area contributed by atoms with Gasteiger partial charge in [-0.2, -0.15) is 0 Å². The molecule has 338 valence electrons. The molecule has 0 aromatic carbocycles. The Bertz CT molecular complexity index is 1720. The number of carbonyl (C=O) groups excluding carboxylic acids is 5. The molecule has 5 aliphatic carbocycles. The van der Waals surface area contributed by atoms with E-state index in [1.807, 2.05) is 6.92 Å². The standard InChI is InChI=1S/C45H73N5O9S/c1-42(2,27-59-33-14-8-13-25-58-33)60(56,57)28-45(23-11-7-12-24-45)49-41(55)48-37(44(5)21-9-6-10-22-44)40(54)50-26-31-34(43(31,3)4)35(50)38(52)47-32(20-17-29-15-16-29)36(51)39(53)46-30-18-19-30/h29-35,37H,6-28H2,1-5H3,(H,46,53)(H,47,52)(H2,48,49,55)/t31-,32?,33?,34-,35-,37+/m0/s1. The molecule has 5 amide bonds. The molecular weight excluding hydrogens is 787 g/mol. The van der Waals surface area contributed by atoms with Gasteiger partial charge >= 0.3 is 6.03 Å². The Morgan fingerprint density at radius 1 is 0.850 bits per heavy atom. The highest BCUT2D eigenvalue weighted by molar-refractivity contribution is 7.92. The monoisotopic (exact) mass is 860 g/mol. The molecule has 0 aromatic heterocycles. The molecule has 5 saturated carbocycles. The fourth-order valence-electron chi connectivity index (χ4n) is 10.9. The van der Waals surface area contributed by atoms with Crippen LogP contribution in [0.3, 0.4) is 0 Å². The van der Waals surface area contributed by atoms with Gasteiger partial charge < -0.3 is 35.6 Å². The van der Waals surface area contributed by atoms with Crippen molar-refractivity contribution in [1.82, 2.24) is 26.2 Å². The minimum Gasteiger partial charge on any atom is -0.353 e. The van der Waals surface area contributed by atoms with Gasteiger partial charge in [0.05, 0.1) is 28.7 Å². The summed E-state index contributed by atoms with van der Waals surface area (Å²) < 4.78 is 38.9. The molecule has 14 nitrogen and oxygen atoms in total. The smallest absolute Gasteiger partial charge is 0.315 e. The first-order chi connectivity index (χ1) is 28.3. The lowest BCUT2D eigenvalue weighted by Gasteiger charge is -2.44. The average Bonchev–Trinajstić information content (AvgIpc) is 4.17. The van der Waals surface area contributed by atoms with E-state index in [1.54, 1.807) is 18.7 Å². The van der Waals surface area contributed by atoms with Crippen molar-refractivity contribution >= 4 is 39.4 Å². The lowest BCUT2D eigenvalue weighted by molar-refractivity contribution is -0.165. The fraction of sp³-hybridized carbons (Fsp3) is 0.889. The molecular formula is C45H73N5O9S. The van der Waals surface area contributed by atoms with Crippen LogP contribution in [0.5, 0.6) is 0 Å². The molecule has 15 heteroatoms. The molecule has 2 unspecified atom stereocenters. The van der Waals surface area contributed by atoms with Gasteiger partial charge in [-0.15, -0.1) is 0 Å². The Balaban J connectivity index is 1.09. The Morgan fingerprint density at radius 2 is 1.52 bits per heavy atom. The lowest BCUT2D eigenvalue weighted by atomic mass is 9.70. The minimum absolute atomic E-state index is 0.00492. The number of urea groups is 1. The maximum Gasteiger partial charge on any atom is 0.315 e. The maximum atomic E-state index is 15.1. The minimum atomic E-state index is -3.81. The Kier molecular flexibility index (Phi) is 13.4. The van der Waals surface area contributed by atoms with E-state index < -0.39 is 73.6 Å². The summed E-state index contributed by atoms with van der Waals surface area (Å²) in [7, 11) is -3.81. The number of nitrogens with one attached hydrogen (secondary N) is 4. The van der Waals surface area contributed by atoms with Crippen molar-refractivity contribution in [2.24, 2.45) is 28.6 Å². The number of hydrogen-bond acceptors (Lipinski definition) is 9. The molecule has 0 radical (unpaired) electrons. The van der Waals surface area contributed by atoms with E-state index in [4.69, 9.17) is 9.47 Å². The average molecular weight is 860 g/mol. The number of fused-ring (bicyclic) bond motifs is 1. The zero-order chi connectivity index (χ0) is 43.1. The molecule has 4 N–H and O–H groups in total. The summed E-state index contributed by atoms with van der Waals surface area (Å²) in [5.74, 6) is -1.91. The summed E-state index contributed by atoms with van der Waals surface area (Å²) in [5, 5.41) is 12.0. The van der Waals surface area contributed by atoms with Gasteiger partial charge in [0.1, 0.15) is 12.1 Å². The highest BCUT2D eigenvalue weighted by Crippen LogP contribution is 2.65. The van der Waals surface area contributed by atoms with Gasteiger partial charge in [-0.05, 0) is 113 Å². The van der Waals surface area contributed by atoms with Crippen molar-refractivity contribution in [3.8, 4) is 0 Å². The molecule has 0 bridgehead atoms. The summed E-state index contributed by atoms with van der Waals surface area (Å²) in [6.07, 6.45) is 14.8. The van der Waals surface area contributed by atoms with E-state index in [0.29, 0.717) is 51.2 Å². The summed E-state index contributed by atoms with van der Waals surface area (Å²) >= 11 is 0. The molecule has 2 aliphatic heterocycles. The van der Waals surface area contributed by atoms with E-state index in [1.165, 1.54) is 0 Å². The number of hydrogen-bond donors (Lipinski definition) is 4. The van der Waals surface area contributed by atoms with Crippen LogP contribution in [0.25, 0.3) is 0 Å². The molecule has 0 aromatic rings. The van der Waals surface area contributed by atoms with Crippen LogP contribution in [0.4, 0.5) is 4.79 Å². The first-order valence-electron chi connectivity index (χ1n) is 23.3. The van der Waals surface area contributed by atoms with Gasteiger partial charge in [-0.1, -0.05) is 72.1 Å². The van der Waals surface area contributed by atoms with Gasteiger partial charge in [0, 0.05) is 19.2 Å². The summed E-state index contributed by atoms with van der Waals surface area (Å²) in [6, 6.07) is -3.39. The van der Waals surface area contributed by atoms with Gasteiger partial charge in [0.2, 0.25) is 17.6 Å². The highest BCUT2D eigenvalue weighted by Gasteiger charge is 2.70. The lowest BCUT2D eigenvalue weighted by Crippen LogP contribution is -2.65. The van der Waals surface area contributed by atoms with Crippen LogP contribution in [-0.2, 0) is 38.5 Å². The molecule has 2 heterocycles. The van der Waals surface area contributed by atoms with Crippen LogP contribution in [0.2, 0.25) is 0 Å². The fourth-order valence-corrected chi connectivity index (χ4v) is 12.6. The third-order valence-electron chi connectivity index (χ3n) is 15.6. The van der Waals surface area contributed by atoms with Crippen LogP contribution in [0, 0.1) is 28.6 Å². The number of ketones is 1. The van der Waals surface area contributed by atoms with E-state index in [9.17, 15) is 27.6 Å². The van der Waals surface area contributed by atoms with Crippen molar-refractivity contribution in [1.29, 1.82) is 0 Å². The van der Waals surface area contributed by atoms with E-state index in [0.717, 1.165) is 89.9 Å². The van der Waals surface area contributed by atoms with Crippen molar-refractivity contribution in [3.63, 3.8) is 0 Å². The van der Waals surface area contributed by atoms with Crippen molar-refractivity contribution in [3.05, 3.63) is 0 Å². The van der Waals surface area contributed by atoms with Gasteiger partial charge in [0.25, 0.3) is 5.91 Å². The topological polar surface area (TPSA) is 189 Å². The van der Waals surface area contributed by atoms with E-state index in [-0.39, 0.29) is 41.6 Å². The second-order valence-electron chi connectivity index (χ2n) is 21.3. The number of carbonyl (C=O) groups is 5. The van der Waals surface area contributed by atoms with Crippen molar-refractivity contribution in [2.75, 3.05) is 25.5 Å². The Hall–Kier alpha value is -2.78. The largest absolute Gasteiger partial charge is 0.353 e. The zero-order valence-electron chi connectivity index (χ0n) is 36.9. The normalized spacial score (nSPS) is 29.3. The molecule has 7 fully saturated rings. The number of rotatable bonds is 18. The Labute approximate surface area is 357 Å². The molecule has 6 atom stereocenters. The predicted octanol–water partition coefficient (Wildman–Crippen LogP) is 5.07. The van der Waals surface area contributed by atoms with Crippen LogP contribution >= 0.6 is 0 Å². The number of likely N-dealkylation sites (tertiary alicyclic amines) is 1. The molecule has 0 spiro atoms. The number of ether oxygens (including phenoxy) is 2. The second-order valence-corrected chi connectivity index (χ2v) is 23.9. The SMILES string of the molecule is CC1([C@H](NC(=O)NC2(CS(=O)(=O)C(C)(C)COC3CCCCO3)CCCCC2)C(=O)N2C[C@H]3[C@@H]([C@H]2C(=O)NC(CCC2CC2)C(=O)C(=O)NC2CC2)C3(C)C)CCCCC1. The zero-order valence-corrected chi connectivity index (χ0v) is 37.7. The van der Waals surface area contributed by atoms with Crippen LogP contribution in [0.1, 0.15) is 157 Å². The van der Waals surface area contributed by atoms with Crippen LogP contribution < -0.4 is 21.3 Å². The third-order valence-corrected chi connectivity index (χ3v) is 18.3. The number of piperidine rings is 1.